The standard InChI is InChI=1S/C18H22N4OS.HI/c1-19-18(22-15-9-14-7-8-16(15)23-14)20-10-13-11-24-17(21-13)12-5-3-2-4-6-12;/h2-6,11,14-16H,7-10H2,1H3,(H2,19,20,22);1H. The Kier molecular flexibility index (Phi) is 6.29. The van der Waals surface area contributed by atoms with E-state index in [1.54, 1.807) is 18.4 Å². The summed E-state index contributed by atoms with van der Waals surface area (Å²) in [5, 5.41) is 10.0. The normalized spacial score (nSPS) is 24.8. The molecule has 2 aromatic rings. The lowest BCUT2D eigenvalue weighted by molar-refractivity contribution is 0.0992. The van der Waals surface area contributed by atoms with Gasteiger partial charge in [0.05, 0.1) is 30.5 Å². The highest BCUT2D eigenvalue weighted by atomic mass is 127. The third-order valence-electron chi connectivity index (χ3n) is 4.66. The van der Waals surface area contributed by atoms with Crippen molar-refractivity contribution >= 4 is 41.3 Å². The number of aromatic nitrogens is 1. The molecule has 7 heteroatoms. The molecule has 3 atom stereocenters. The number of fused-ring (bicyclic) bond motifs is 2. The molecule has 5 nitrogen and oxygen atoms in total. The second kappa shape index (κ2) is 8.46. The van der Waals surface area contributed by atoms with E-state index in [0.29, 0.717) is 24.8 Å². The molecule has 0 radical (unpaired) electrons. The first-order valence-electron chi connectivity index (χ1n) is 8.44. The summed E-state index contributed by atoms with van der Waals surface area (Å²) in [5.74, 6) is 0.824. The van der Waals surface area contributed by atoms with E-state index in [0.717, 1.165) is 35.1 Å². The molecule has 134 valence electrons. The Balaban J connectivity index is 0.00000182. The number of nitrogens with zero attached hydrogens (tertiary/aromatic N) is 2. The van der Waals surface area contributed by atoms with Crippen molar-refractivity contribution in [3.05, 3.63) is 41.4 Å². The quantitative estimate of drug-likeness (QED) is 0.409. The van der Waals surface area contributed by atoms with Gasteiger partial charge in [-0.1, -0.05) is 30.3 Å². The summed E-state index contributed by atoms with van der Waals surface area (Å²) in [6.07, 6.45) is 4.23. The molecule has 1 aromatic carbocycles. The highest BCUT2D eigenvalue weighted by Crippen LogP contribution is 2.34. The second-order valence-electron chi connectivity index (χ2n) is 6.30. The van der Waals surface area contributed by atoms with E-state index in [9.17, 15) is 0 Å². The van der Waals surface area contributed by atoms with E-state index in [4.69, 9.17) is 9.72 Å². The number of nitrogens with one attached hydrogen (secondary N) is 2. The van der Waals surface area contributed by atoms with Crippen LogP contribution in [-0.4, -0.2) is 36.2 Å². The maximum atomic E-state index is 5.89. The van der Waals surface area contributed by atoms with Crippen LogP contribution >= 0.6 is 35.3 Å². The first kappa shape index (κ1) is 18.6. The van der Waals surface area contributed by atoms with Gasteiger partial charge in [0.1, 0.15) is 5.01 Å². The zero-order chi connectivity index (χ0) is 16.4. The van der Waals surface area contributed by atoms with E-state index < -0.39 is 0 Å². The Bertz CT molecular complexity index is 721. The molecule has 0 saturated carbocycles. The zero-order valence-corrected chi connectivity index (χ0v) is 17.3. The molecule has 3 unspecified atom stereocenters. The summed E-state index contributed by atoms with van der Waals surface area (Å²) in [7, 11) is 1.81. The van der Waals surface area contributed by atoms with Crippen LogP contribution in [0.1, 0.15) is 25.0 Å². The molecule has 2 bridgehead atoms. The van der Waals surface area contributed by atoms with Crippen LogP contribution in [0, 0.1) is 0 Å². The van der Waals surface area contributed by atoms with E-state index in [-0.39, 0.29) is 24.0 Å². The molecule has 2 N–H and O–H groups in total. The molecule has 1 aromatic heterocycles. The third-order valence-corrected chi connectivity index (χ3v) is 5.60. The Morgan fingerprint density at radius 3 is 2.84 bits per heavy atom. The molecule has 3 heterocycles. The number of hydrogen-bond acceptors (Lipinski definition) is 4. The topological polar surface area (TPSA) is 58.5 Å². The van der Waals surface area contributed by atoms with Crippen molar-refractivity contribution in [3.8, 4) is 10.6 Å². The van der Waals surface area contributed by atoms with Crippen molar-refractivity contribution in [1.82, 2.24) is 15.6 Å². The van der Waals surface area contributed by atoms with Crippen molar-refractivity contribution < 1.29 is 4.74 Å². The average molecular weight is 470 g/mol. The molecule has 2 saturated heterocycles. The Hall–Kier alpha value is -1.19. The van der Waals surface area contributed by atoms with Crippen LogP contribution in [0.5, 0.6) is 0 Å². The van der Waals surface area contributed by atoms with Crippen LogP contribution < -0.4 is 10.6 Å². The third kappa shape index (κ3) is 4.32. The molecule has 4 rings (SSSR count). The lowest BCUT2D eigenvalue weighted by Crippen LogP contribution is -2.47. The molecule has 0 spiro atoms. The maximum Gasteiger partial charge on any atom is 0.191 e. The van der Waals surface area contributed by atoms with Gasteiger partial charge in [0.25, 0.3) is 0 Å². The molecule has 2 aliphatic heterocycles. The lowest BCUT2D eigenvalue weighted by atomic mass is 9.96. The molecule has 2 fully saturated rings. The molecule has 0 amide bonds. The highest BCUT2D eigenvalue weighted by Gasteiger charge is 2.41. The SMILES string of the molecule is CN=C(NCc1csc(-c2ccccc2)n1)NC1CC2CCC1O2.I. The predicted octanol–water partition coefficient (Wildman–Crippen LogP) is 3.41. The monoisotopic (exact) mass is 470 g/mol. The van der Waals surface area contributed by atoms with Crippen molar-refractivity contribution in [3.63, 3.8) is 0 Å². The van der Waals surface area contributed by atoms with Crippen LogP contribution in [0.15, 0.2) is 40.7 Å². The van der Waals surface area contributed by atoms with Gasteiger partial charge < -0.3 is 15.4 Å². The van der Waals surface area contributed by atoms with E-state index in [1.165, 1.54) is 6.42 Å². The number of guanidine groups is 1. The summed E-state index contributed by atoms with van der Waals surface area (Å²) in [4.78, 5) is 9.03. The van der Waals surface area contributed by atoms with Crippen molar-refractivity contribution in [1.29, 1.82) is 0 Å². The van der Waals surface area contributed by atoms with Crippen molar-refractivity contribution in [2.45, 2.75) is 44.1 Å². The van der Waals surface area contributed by atoms with Gasteiger partial charge in [-0.15, -0.1) is 35.3 Å². The van der Waals surface area contributed by atoms with E-state index >= 15 is 0 Å². The highest BCUT2D eigenvalue weighted by molar-refractivity contribution is 14.0. The summed E-state index contributed by atoms with van der Waals surface area (Å²) in [6.45, 7) is 0.671. The molecular weight excluding hydrogens is 447 g/mol. The number of hydrogen-bond donors (Lipinski definition) is 2. The van der Waals surface area contributed by atoms with Gasteiger partial charge in [-0.3, -0.25) is 4.99 Å². The van der Waals surface area contributed by atoms with E-state index in [2.05, 4.69) is 33.1 Å². The van der Waals surface area contributed by atoms with Gasteiger partial charge in [-0.2, -0.15) is 0 Å². The lowest BCUT2D eigenvalue weighted by Gasteiger charge is -2.22. The minimum absolute atomic E-state index is 0. The summed E-state index contributed by atoms with van der Waals surface area (Å²) in [5.41, 5.74) is 2.20. The first-order chi connectivity index (χ1) is 11.8. The van der Waals surface area contributed by atoms with E-state index in [1.807, 2.05) is 18.2 Å². The van der Waals surface area contributed by atoms with Crippen LogP contribution in [0.25, 0.3) is 10.6 Å². The van der Waals surface area contributed by atoms with Gasteiger partial charge in [-0.05, 0) is 19.3 Å². The fourth-order valence-corrected chi connectivity index (χ4v) is 4.26. The summed E-state index contributed by atoms with van der Waals surface area (Å²) in [6, 6.07) is 10.7. The number of rotatable bonds is 4. The van der Waals surface area contributed by atoms with Gasteiger partial charge in [0, 0.05) is 18.0 Å². The second-order valence-corrected chi connectivity index (χ2v) is 7.15. The Morgan fingerprint density at radius 2 is 2.16 bits per heavy atom. The maximum absolute atomic E-state index is 5.89. The van der Waals surface area contributed by atoms with Crippen LogP contribution in [0.4, 0.5) is 0 Å². The van der Waals surface area contributed by atoms with Crippen molar-refractivity contribution in [2.75, 3.05) is 7.05 Å². The average Bonchev–Trinajstić information content (AvgIpc) is 3.36. The van der Waals surface area contributed by atoms with Gasteiger partial charge in [0.2, 0.25) is 0 Å². The minimum Gasteiger partial charge on any atom is -0.373 e. The first-order valence-corrected chi connectivity index (χ1v) is 9.32. The Labute approximate surface area is 169 Å². The van der Waals surface area contributed by atoms with Crippen LogP contribution in [-0.2, 0) is 11.3 Å². The number of aliphatic imine (C=N–C) groups is 1. The molecular formula is C18H23IN4OS. The number of benzene rings is 1. The van der Waals surface area contributed by atoms with Crippen molar-refractivity contribution in [2.24, 2.45) is 4.99 Å². The fraction of sp³-hybridized carbons (Fsp3) is 0.444. The molecule has 2 aliphatic rings. The van der Waals surface area contributed by atoms with Crippen LogP contribution in [0.2, 0.25) is 0 Å². The molecule has 0 aliphatic carbocycles. The smallest absolute Gasteiger partial charge is 0.191 e. The summed E-state index contributed by atoms with van der Waals surface area (Å²) < 4.78 is 5.89. The van der Waals surface area contributed by atoms with Gasteiger partial charge in [-0.25, -0.2) is 4.98 Å². The number of thiazole rings is 1. The predicted molar refractivity (Wildman–Crippen MR) is 113 cm³/mol. The Morgan fingerprint density at radius 1 is 1.32 bits per heavy atom. The minimum atomic E-state index is 0. The zero-order valence-electron chi connectivity index (χ0n) is 14.1. The number of ether oxygens (including phenoxy) is 1. The van der Waals surface area contributed by atoms with Gasteiger partial charge in [0.15, 0.2) is 5.96 Å². The fourth-order valence-electron chi connectivity index (χ4n) is 3.44. The van der Waals surface area contributed by atoms with Gasteiger partial charge >= 0.3 is 0 Å². The van der Waals surface area contributed by atoms with Crippen LogP contribution in [0.3, 0.4) is 0 Å². The summed E-state index contributed by atoms with van der Waals surface area (Å²) >= 11 is 1.67. The largest absolute Gasteiger partial charge is 0.373 e. The molecule has 25 heavy (non-hydrogen) atoms. The number of halogens is 1.